The van der Waals surface area contributed by atoms with Gasteiger partial charge in [0.25, 0.3) is 17.7 Å². The zero-order chi connectivity index (χ0) is 54.6. The summed E-state index contributed by atoms with van der Waals surface area (Å²) in [6.07, 6.45) is 0. The standard InChI is InChI=1S/C17H14F2N4O3.C10H8F2N2O2.C8H8O3.C7H8N2O2.C7H6O3/c18-17(19)26-13-8-4-2-6-11(13)16(25)20-9-14-21-15(23-22-14)10-5-1-3-7-12(10)24;11-10(12)16-8-4-2-1-3-7(8)9(15)14-6-5-13;1-11-8(10)6-4-2-3-5-7(6)9;8-9-7(11)5-3-1-2-4-6(5)10;8-6-4-2-1-3-5(6)7(9)10/h1-8,17,24H,9H2,(H,20,25)(H,21,22,23);1-4,10H,6H2,(H,14,15);2-5,9H,1H3;1-4,10H,8H2,(H,9,11);1-4,8H,(H,9,10). The molecule has 25 heteroatoms. The van der Waals surface area contributed by atoms with Crippen LogP contribution in [-0.4, -0.2) is 97.3 Å². The zero-order valence-electron chi connectivity index (χ0n) is 38.4. The normalized spacial score (nSPS) is 9.82. The van der Waals surface area contributed by atoms with Crippen molar-refractivity contribution >= 4 is 29.7 Å². The van der Waals surface area contributed by atoms with E-state index in [1.165, 1.54) is 98.1 Å². The Labute approximate surface area is 417 Å². The number of carboxylic acid groups (broad SMARTS) is 1. The van der Waals surface area contributed by atoms with E-state index < -0.39 is 42.9 Å². The number of aromatic amines is 1. The van der Waals surface area contributed by atoms with E-state index >= 15 is 0 Å². The molecule has 386 valence electrons. The quantitative estimate of drug-likeness (QED) is 0.0147. The number of nitrogens with zero attached hydrogens (tertiary/aromatic N) is 3. The molecule has 74 heavy (non-hydrogen) atoms. The number of aromatic nitrogens is 3. The first-order valence-electron chi connectivity index (χ1n) is 20.8. The number of aromatic hydroxyl groups is 4. The van der Waals surface area contributed by atoms with Gasteiger partial charge in [-0.25, -0.2) is 20.4 Å². The van der Waals surface area contributed by atoms with E-state index in [9.17, 15) is 46.6 Å². The van der Waals surface area contributed by atoms with Crippen molar-refractivity contribution in [2.45, 2.75) is 19.8 Å². The van der Waals surface area contributed by atoms with E-state index in [-0.39, 0.29) is 81.2 Å². The number of phenols is 4. The number of H-pyrrole nitrogens is 1. The number of hydrogen-bond acceptors (Lipinski definition) is 16. The Morgan fingerprint density at radius 1 is 0.608 bits per heavy atom. The molecule has 0 saturated carbocycles. The van der Waals surface area contributed by atoms with Crippen molar-refractivity contribution in [1.29, 1.82) is 5.26 Å². The second-order valence-corrected chi connectivity index (χ2v) is 13.7. The zero-order valence-corrected chi connectivity index (χ0v) is 38.4. The van der Waals surface area contributed by atoms with Crippen LogP contribution in [0.2, 0.25) is 0 Å². The number of nitrogens with two attached hydrogens (primary N) is 1. The van der Waals surface area contributed by atoms with Crippen molar-refractivity contribution in [2.75, 3.05) is 13.7 Å². The van der Waals surface area contributed by atoms with Crippen LogP contribution >= 0.6 is 0 Å². The number of phenolic OH excluding ortho intramolecular Hbond substituents is 3. The highest BCUT2D eigenvalue weighted by atomic mass is 19.3. The summed E-state index contributed by atoms with van der Waals surface area (Å²) in [6, 6.07) is 37.8. The van der Waals surface area contributed by atoms with Crippen LogP contribution in [-0.2, 0) is 11.3 Å². The largest absolute Gasteiger partial charge is 0.507 e. The molecule has 11 N–H and O–H groups in total. The third-order valence-corrected chi connectivity index (χ3v) is 8.84. The Kier molecular flexibility index (Phi) is 23.9. The highest BCUT2D eigenvalue weighted by molar-refractivity contribution is 5.98. The number of amides is 3. The van der Waals surface area contributed by atoms with Gasteiger partial charge in [-0.3, -0.25) is 24.9 Å². The van der Waals surface area contributed by atoms with Crippen LogP contribution < -0.4 is 31.4 Å². The molecule has 7 aromatic rings. The highest BCUT2D eigenvalue weighted by Crippen LogP contribution is 2.26. The highest BCUT2D eigenvalue weighted by Gasteiger charge is 2.18. The molecule has 1 aromatic heterocycles. The van der Waals surface area contributed by atoms with Crippen LogP contribution in [0.15, 0.2) is 146 Å². The lowest BCUT2D eigenvalue weighted by Gasteiger charge is -2.10. The third kappa shape index (κ3) is 18.9. The van der Waals surface area contributed by atoms with Gasteiger partial charge in [-0.05, 0) is 72.8 Å². The molecule has 0 radical (unpaired) electrons. The number of hydrazine groups is 1. The van der Waals surface area contributed by atoms with Crippen molar-refractivity contribution in [3.63, 3.8) is 0 Å². The molecule has 7 rings (SSSR count). The minimum atomic E-state index is -3.03. The van der Waals surface area contributed by atoms with Crippen molar-refractivity contribution in [3.05, 3.63) is 179 Å². The molecule has 0 fully saturated rings. The molecular weight excluding hydrogens is 985 g/mol. The number of hydrogen-bond donors (Lipinski definition) is 10. The van der Waals surface area contributed by atoms with Gasteiger partial charge in [0.15, 0.2) is 5.82 Å². The lowest BCUT2D eigenvalue weighted by molar-refractivity contribution is -0.0509. The molecule has 1 heterocycles. The van der Waals surface area contributed by atoms with Gasteiger partial charge in [0, 0.05) is 0 Å². The summed E-state index contributed by atoms with van der Waals surface area (Å²) in [6.45, 7) is -6.23. The number of carbonyl (C=O) groups is 5. The van der Waals surface area contributed by atoms with Gasteiger partial charge in [0.05, 0.1) is 42.0 Å². The van der Waals surface area contributed by atoms with Gasteiger partial charge in [-0.15, -0.1) is 0 Å². The number of carboxylic acids is 1. The Balaban J connectivity index is 0.000000259. The van der Waals surface area contributed by atoms with E-state index in [0.717, 1.165) is 0 Å². The molecule has 0 atom stereocenters. The van der Waals surface area contributed by atoms with Crippen LogP contribution in [0.4, 0.5) is 17.6 Å². The molecule has 3 amide bonds. The van der Waals surface area contributed by atoms with Gasteiger partial charge < -0.3 is 50.4 Å². The van der Waals surface area contributed by atoms with E-state index in [4.69, 9.17) is 31.5 Å². The minimum absolute atomic E-state index is 0.0115. The summed E-state index contributed by atoms with van der Waals surface area (Å²) in [5.74, 6) is 1.38. The average Bonchev–Trinajstić information content (AvgIpc) is 3.87. The predicted molar refractivity (Wildman–Crippen MR) is 253 cm³/mol. The summed E-state index contributed by atoms with van der Waals surface area (Å²) in [7, 11) is 1.27. The molecule has 21 nitrogen and oxygen atoms in total. The fraction of sp³-hybridized carbons (Fsp3) is 0.102. The molecule has 0 saturated heterocycles. The molecule has 0 unspecified atom stereocenters. The number of halogens is 4. The maximum Gasteiger partial charge on any atom is 0.387 e. The van der Waals surface area contributed by atoms with Crippen molar-refractivity contribution in [3.8, 4) is 52.0 Å². The van der Waals surface area contributed by atoms with Gasteiger partial charge >= 0.3 is 25.2 Å². The number of benzene rings is 6. The van der Waals surface area contributed by atoms with E-state index in [2.05, 4.69) is 40.0 Å². The second-order valence-electron chi connectivity index (χ2n) is 13.7. The first-order chi connectivity index (χ1) is 35.4. The number of carbonyl (C=O) groups excluding carboxylic acids is 4. The van der Waals surface area contributed by atoms with Crippen LogP contribution in [0.25, 0.3) is 11.4 Å². The van der Waals surface area contributed by atoms with Crippen molar-refractivity contribution < 1.29 is 81.3 Å². The molecule has 0 aliphatic heterocycles. The van der Waals surface area contributed by atoms with E-state index in [1.54, 1.807) is 60.7 Å². The average molecular weight is 1030 g/mol. The van der Waals surface area contributed by atoms with Crippen molar-refractivity contribution in [1.82, 2.24) is 31.2 Å². The first kappa shape index (κ1) is 58.1. The molecule has 6 aromatic carbocycles. The molecule has 0 spiro atoms. The monoisotopic (exact) mass is 1030 g/mol. The smallest absolute Gasteiger partial charge is 0.387 e. The van der Waals surface area contributed by atoms with Crippen LogP contribution in [0.3, 0.4) is 0 Å². The lowest BCUT2D eigenvalue weighted by atomic mass is 10.2. The Morgan fingerprint density at radius 3 is 1.45 bits per heavy atom. The summed E-state index contributed by atoms with van der Waals surface area (Å²) >= 11 is 0. The number of aromatic carboxylic acids is 1. The summed E-state index contributed by atoms with van der Waals surface area (Å²) in [5, 5.41) is 65.0. The SMILES string of the molecule is COC(=O)c1ccccc1O.N#CCNC(=O)c1ccccc1OC(F)F.NNC(=O)c1ccccc1O.O=C(NCc1nc(-c2ccccc2O)n[nH]1)c1ccccc1OC(F)F.O=C(O)c1ccccc1O. The fourth-order valence-electron chi connectivity index (χ4n) is 5.49. The third-order valence-electron chi connectivity index (χ3n) is 8.84. The number of para-hydroxylation sites is 6. The first-order valence-corrected chi connectivity index (χ1v) is 20.8. The molecule has 0 aliphatic rings. The number of esters is 1. The Bertz CT molecular complexity index is 2950. The fourth-order valence-corrected chi connectivity index (χ4v) is 5.49. The number of methoxy groups -OCH3 is 1. The number of nitrogen functional groups attached to an aromatic ring is 1. The summed E-state index contributed by atoms with van der Waals surface area (Å²) < 4.78 is 61.8. The Hall–Kier alpha value is -10.2. The van der Waals surface area contributed by atoms with Crippen LogP contribution in [0, 0.1) is 11.3 Å². The molecule has 0 bridgehead atoms. The van der Waals surface area contributed by atoms with Crippen LogP contribution in [0.1, 0.15) is 57.6 Å². The summed E-state index contributed by atoms with van der Waals surface area (Å²) in [4.78, 5) is 59.8. The molecule has 0 aliphatic carbocycles. The second kappa shape index (κ2) is 30.4. The lowest BCUT2D eigenvalue weighted by Crippen LogP contribution is -2.29. The summed E-state index contributed by atoms with van der Waals surface area (Å²) in [5.41, 5.74) is 2.61. The number of alkyl halides is 4. The number of nitrogens with one attached hydrogen (secondary N) is 4. The topological polar surface area (TPSA) is 342 Å². The van der Waals surface area contributed by atoms with Crippen LogP contribution in [0.5, 0.6) is 34.5 Å². The van der Waals surface area contributed by atoms with Gasteiger partial charge in [0.1, 0.15) is 58.0 Å². The maximum atomic E-state index is 12.4. The number of rotatable bonds is 13. The van der Waals surface area contributed by atoms with E-state index in [1.807, 2.05) is 5.43 Å². The van der Waals surface area contributed by atoms with Crippen molar-refractivity contribution in [2.24, 2.45) is 5.84 Å². The number of ether oxygens (including phenoxy) is 3. The minimum Gasteiger partial charge on any atom is -0.507 e. The van der Waals surface area contributed by atoms with Gasteiger partial charge in [-0.2, -0.15) is 27.9 Å². The van der Waals surface area contributed by atoms with E-state index in [0.29, 0.717) is 11.4 Å². The molecular formula is C49H44F4N8O13. The van der Waals surface area contributed by atoms with Gasteiger partial charge in [0.2, 0.25) is 0 Å². The predicted octanol–water partition coefficient (Wildman–Crippen LogP) is 6.51. The van der Waals surface area contributed by atoms with Gasteiger partial charge in [-0.1, -0.05) is 72.8 Å². The number of nitriles is 1. The maximum absolute atomic E-state index is 12.4. The Morgan fingerprint density at radius 2 is 1.03 bits per heavy atom.